The molecule has 1 aromatic carbocycles. The number of nitro groups is 1. The van der Waals surface area contributed by atoms with Crippen molar-refractivity contribution in [2.75, 3.05) is 36.4 Å². The summed E-state index contributed by atoms with van der Waals surface area (Å²) in [6, 6.07) is 3.23. The van der Waals surface area contributed by atoms with Gasteiger partial charge in [0.2, 0.25) is 12.3 Å². The largest absolute Gasteiger partial charge is 0.362 e. The van der Waals surface area contributed by atoms with Crippen LogP contribution in [0.1, 0.15) is 12.0 Å². The fourth-order valence-electron chi connectivity index (χ4n) is 2.87. The molecule has 1 saturated heterocycles. The summed E-state index contributed by atoms with van der Waals surface area (Å²) in [5.74, 6) is -0.117. The van der Waals surface area contributed by atoms with Gasteiger partial charge in [0.1, 0.15) is 5.69 Å². The average molecular weight is 304 g/mol. The van der Waals surface area contributed by atoms with Crippen molar-refractivity contribution in [2.45, 2.75) is 12.8 Å². The zero-order chi connectivity index (χ0) is 15.7. The molecule has 0 spiro atoms. The molecule has 8 heteroatoms. The molecule has 2 aliphatic heterocycles. The molecule has 116 valence electrons. The zero-order valence-corrected chi connectivity index (χ0v) is 11.9. The maximum atomic E-state index is 11.4. The summed E-state index contributed by atoms with van der Waals surface area (Å²) in [7, 11) is 0. The van der Waals surface area contributed by atoms with Crippen molar-refractivity contribution >= 4 is 29.4 Å². The van der Waals surface area contributed by atoms with Gasteiger partial charge in [0.25, 0.3) is 5.69 Å². The number of amides is 2. The molecule has 0 aliphatic carbocycles. The Labute approximate surface area is 126 Å². The highest BCUT2D eigenvalue weighted by molar-refractivity contribution is 5.95. The predicted molar refractivity (Wildman–Crippen MR) is 79.9 cm³/mol. The molecule has 1 aromatic rings. The van der Waals surface area contributed by atoms with Crippen LogP contribution in [0.15, 0.2) is 12.1 Å². The van der Waals surface area contributed by atoms with E-state index in [1.165, 1.54) is 6.07 Å². The van der Waals surface area contributed by atoms with Crippen molar-refractivity contribution in [3.05, 3.63) is 27.8 Å². The molecule has 0 unspecified atom stereocenters. The van der Waals surface area contributed by atoms with Crippen LogP contribution in [0.5, 0.6) is 0 Å². The van der Waals surface area contributed by atoms with Crippen LogP contribution in [0, 0.1) is 10.1 Å². The molecule has 22 heavy (non-hydrogen) atoms. The van der Waals surface area contributed by atoms with Crippen molar-refractivity contribution in [3.63, 3.8) is 0 Å². The number of hydrogen-bond acceptors (Lipinski definition) is 5. The number of anilines is 2. The lowest BCUT2D eigenvalue weighted by Gasteiger charge is -2.34. The molecule has 1 fully saturated rings. The van der Waals surface area contributed by atoms with Crippen molar-refractivity contribution < 1.29 is 14.5 Å². The summed E-state index contributed by atoms with van der Waals surface area (Å²) in [6.07, 6.45) is 1.78. The number of fused-ring (bicyclic) bond motifs is 1. The third-order valence-electron chi connectivity index (χ3n) is 4.10. The standard InChI is InChI=1S/C14H16N4O4/c19-9-16-3-5-17(6-4-16)12-7-10-1-2-14(20)15-11(10)8-13(12)18(21)22/h7-9H,1-6H2,(H,15,20). The molecule has 1 N–H and O–H groups in total. The van der Waals surface area contributed by atoms with Gasteiger partial charge in [-0.15, -0.1) is 0 Å². The Bertz CT molecular complexity index is 638. The number of piperazine rings is 1. The highest BCUT2D eigenvalue weighted by Crippen LogP contribution is 2.36. The van der Waals surface area contributed by atoms with E-state index < -0.39 is 4.92 Å². The van der Waals surface area contributed by atoms with Crippen molar-refractivity contribution in [1.29, 1.82) is 0 Å². The molecular weight excluding hydrogens is 288 g/mol. The van der Waals surface area contributed by atoms with E-state index in [0.717, 1.165) is 12.0 Å². The van der Waals surface area contributed by atoms with Crippen LogP contribution in [-0.4, -0.2) is 48.3 Å². The minimum Gasteiger partial charge on any atom is -0.362 e. The lowest BCUT2D eigenvalue weighted by molar-refractivity contribution is -0.384. The Morgan fingerprint density at radius 2 is 1.91 bits per heavy atom. The zero-order valence-electron chi connectivity index (χ0n) is 11.9. The first-order chi connectivity index (χ1) is 10.6. The summed E-state index contributed by atoms with van der Waals surface area (Å²) in [5, 5.41) is 14.0. The normalized spacial score (nSPS) is 17.7. The summed E-state index contributed by atoms with van der Waals surface area (Å²) in [5.41, 5.74) is 1.99. The quantitative estimate of drug-likeness (QED) is 0.505. The number of hydrogen-bond donors (Lipinski definition) is 1. The lowest BCUT2D eigenvalue weighted by atomic mass is 10.0. The van der Waals surface area contributed by atoms with Gasteiger partial charge in [-0.2, -0.15) is 0 Å². The van der Waals surface area contributed by atoms with Crippen molar-refractivity contribution in [2.24, 2.45) is 0 Å². The molecule has 0 saturated carbocycles. The number of nitro benzene ring substituents is 1. The van der Waals surface area contributed by atoms with Crippen LogP contribution < -0.4 is 10.2 Å². The van der Waals surface area contributed by atoms with Gasteiger partial charge in [0.05, 0.1) is 10.6 Å². The van der Waals surface area contributed by atoms with Gasteiger partial charge in [0.15, 0.2) is 0 Å². The molecule has 0 aromatic heterocycles. The number of rotatable bonds is 3. The number of carbonyl (C=O) groups excluding carboxylic acids is 2. The van der Waals surface area contributed by atoms with Crippen LogP contribution >= 0.6 is 0 Å². The molecule has 2 aliphatic rings. The second-order valence-electron chi connectivity index (χ2n) is 5.43. The van der Waals surface area contributed by atoms with E-state index >= 15 is 0 Å². The van der Waals surface area contributed by atoms with E-state index in [-0.39, 0.29) is 11.6 Å². The van der Waals surface area contributed by atoms with E-state index in [1.54, 1.807) is 11.0 Å². The second-order valence-corrected chi connectivity index (χ2v) is 5.43. The Kier molecular flexibility index (Phi) is 3.66. The van der Waals surface area contributed by atoms with Crippen LogP contribution in [-0.2, 0) is 16.0 Å². The van der Waals surface area contributed by atoms with Crippen LogP contribution in [0.2, 0.25) is 0 Å². The number of nitrogens with zero attached hydrogens (tertiary/aromatic N) is 3. The van der Waals surface area contributed by atoms with Crippen LogP contribution in [0.3, 0.4) is 0 Å². The Hall–Kier alpha value is -2.64. The average Bonchev–Trinajstić information content (AvgIpc) is 2.53. The Morgan fingerprint density at radius 1 is 1.18 bits per heavy atom. The third kappa shape index (κ3) is 2.59. The number of carbonyl (C=O) groups is 2. The smallest absolute Gasteiger partial charge is 0.294 e. The fraction of sp³-hybridized carbons (Fsp3) is 0.429. The van der Waals surface area contributed by atoms with Crippen LogP contribution in [0.4, 0.5) is 17.1 Å². The van der Waals surface area contributed by atoms with Gasteiger partial charge in [-0.1, -0.05) is 0 Å². The molecule has 3 rings (SSSR count). The van der Waals surface area contributed by atoms with Gasteiger partial charge in [0, 0.05) is 38.7 Å². The molecule has 0 radical (unpaired) electrons. The third-order valence-corrected chi connectivity index (χ3v) is 4.10. The Morgan fingerprint density at radius 3 is 2.55 bits per heavy atom. The SMILES string of the molecule is O=CN1CCN(c2cc3c(cc2[N+](=O)[O-])NC(=O)CC3)CC1. The van der Waals surface area contributed by atoms with E-state index in [4.69, 9.17) is 0 Å². The van der Waals surface area contributed by atoms with E-state index in [1.807, 2.05) is 4.90 Å². The topological polar surface area (TPSA) is 95.8 Å². The summed E-state index contributed by atoms with van der Waals surface area (Å²) >= 11 is 0. The van der Waals surface area contributed by atoms with E-state index in [0.29, 0.717) is 50.4 Å². The monoisotopic (exact) mass is 304 g/mol. The van der Waals surface area contributed by atoms with Gasteiger partial charge in [-0.25, -0.2) is 0 Å². The van der Waals surface area contributed by atoms with Gasteiger partial charge < -0.3 is 15.1 Å². The first kappa shape index (κ1) is 14.3. The lowest BCUT2D eigenvalue weighted by Crippen LogP contribution is -2.46. The van der Waals surface area contributed by atoms with E-state index in [2.05, 4.69) is 5.32 Å². The molecular formula is C14H16N4O4. The maximum Gasteiger partial charge on any atom is 0.294 e. The number of benzene rings is 1. The predicted octanol–water partition coefficient (Wildman–Crippen LogP) is 0.758. The highest BCUT2D eigenvalue weighted by atomic mass is 16.6. The van der Waals surface area contributed by atoms with Gasteiger partial charge >= 0.3 is 0 Å². The van der Waals surface area contributed by atoms with Gasteiger partial charge in [-0.3, -0.25) is 19.7 Å². The van der Waals surface area contributed by atoms with Crippen molar-refractivity contribution in [3.8, 4) is 0 Å². The number of nitrogens with one attached hydrogen (secondary N) is 1. The number of aryl methyl sites for hydroxylation is 1. The minimum atomic E-state index is -0.428. The molecule has 2 heterocycles. The summed E-state index contributed by atoms with van der Waals surface area (Å²) in [6.45, 7) is 2.22. The van der Waals surface area contributed by atoms with Crippen molar-refractivity contribution in [1.82, 2.24) is 4.90 Å². The minimum absolute atomic E-state index is 0.0134. The van der Waals surface area contributed by atoms with Gasteiger partial charge in [-0.05, 0) is 18.1 Å². The maximum absolute atomic E-state index is 11.4. The molecule has 0 atom stereocenters. The first-order valence-corrected chi connectivity index (χ1v) is 7.14. The first-order valence-electron chi connectivity index (χ1n) is 7.14. The fourth-order valence-corrected chi connectivity index (χ4v) is 2.87. The van der Waals surface area contributed by atoms with Crippen LogP contribution in [0.25, 0.3) is 0 Å². The molecule has 0 bridgehead atoms. The van der Waals surface area contributed by atoms with E-state index in [9.17, 15) is 19.7 Å². The highest BCUT2D eigenvalue weighted by Gasteiger charge is 2.27. The summed E-state index contributed by atoms with van der Waals surface area (Å²) < 4.78 is 0. The Balaban J connectivity index is 1.94. The second kappa shape index (κ2) is 5.63. The molecule has 2 amide bonds. The molecule has 8 nitrogen and oxygen atoms in total. The summed E-state index contributed by atoms with van der Waals surface area (Å²) in [4.78, 5) is 36.7.